The summed E-state index contributed by atoms with van der Waals surface area (Å²) in [5, 5.41) is 5.64. The normalized spacial score (nSPS) is 24.1. The maximum Gasteiger partial charge on any atom is 0.257 e. The van der Waals surface area contributed by atoms with Gasteiger partial charge in [0, 0.05) is 36.6 Å². The molecule has 2 saturated heterocycles. The molecule has 2 amide bonds. The Morgan fingerprint density at radius 2 is 2.22 bits per heavy atom. The van der Waals surface area contributed by atoms with Crippen molar-refractivity contribution in [2.24, 2.45) is 5.92 Å². The third kappa shape index (κ3) is 3.96. The van der Waals surface area contributed by atoms with E-state index < -0.39 is 0 Å². The summed E-state index contributed by atoms with van der Waals surface area (Å²) in [6.07, 6.45) is 11.4. The van der Waals surface area contributed by atoms with Crippen molar-refractivity contribution in [2.75, 3.05) is 13.2 Å². The molecule has 0 spiro atoms. The Kier molecular flexibility index (Phi) is 6.02. The third-order valence-corrected chi connectivity index (χ3v) is 7.04. The number of hydrogen-bond donors (Lipinski definition) is 0. The number of ether oxygens (including phenoxy) is 2. The Hall–Kier alpha value is -2.27. The first-order valence-electron chi connectivity index (χ1n) is 11.1. The number of carbonyl (C=O) groups is 2. The van der Waals surface area contributed by atoms with Gasteiger partial charge in [-0.2, -0.15) is 5.10 Å². The van der Waals surface area contributed by atoms with Crippen LogP contribution < -0.4 is 4.74 Å². The molecule has 0 aromatic carbocycles. The highest BCUT2D eigenvalue weighted by atomic mass is 127. The van der Waals surface area contributed by atoms with Gasteiger partial charge >= 0.3 is 0 Å². The molecule has 2 aliphatic heterocycles. The monoisotopic (exact) mass is 548 g/mol. The molecule has 3 atom stereocenters. The van der Waals surface area contributed by atoms with E-state index in [4.69, 9.17) is 9.47 Å². The van der Waals surface area contributed by atoms with Gasteiger partial charge in [-0.3, -0.25) is 14.5 Å². The topological polar surface area (TPSA) is 86.6 Å². The Morgan fingerprint density at radius 1 is 1.34 bits per heavy atom. The summed E-state index contributed by atoms with van der Waals surface area (Å²) in [5.74, 6) is -0.0986. The van der Waals surface area contributed by atoms with Crippen LogP contribution in [0.4, 0.5) is 0 Å². The zero-order valence-electron chi connectivity index (χ0n) is 17.9. The zero-order valence-corrected chi connectivity index (χ0v) is 20.0. The van der Waals surface area contributed by atoms with Crippen molar-refractivity contribution >= 4 is 45.3 Å². The second kappa shape index (κ2) is 8.93. The summed E-state index contributed by atoms with van der Waals surface area (Å²) in [7, 11) is 0. The summed E-state index contributed by atoms with van der Waals surface area (Å²) in [6.45, 7) is 3.02. The molecule has 8 nitrogen and oxygen atoms in total. The van der Waals surface area contributed by atoms with E-state index in [1.807, 2.05) is 29.8 Å². The number of imide groups is 1. The van der Waals surface area contributed by atoms with Gasteiger partial charge in [0.05, 0.1) is 23.7 Å². The van der Waals surface area contributed by atoms with Crippen LogP contribution in [0.15, 0.2) is 36.1 Å². The number of allylic oxidation sites excluding steroid dienone is 3. The van der Waals surface area contributed by atoms with E-state index in [9.17, 15) is 9.59 Å². The maximum atomic E-state index is 12.6. The van der Waals surface area contributed by atoms with Crippen LogP contribution in [0.5, 0.6) is 5.88 Å². The van der Waals surface area contributed by atoms with E-state index in [-0.39, 0.29) is 30.1 Å². The fraction of sp³-hybridized carbons (Fsp3) is 0.478. The fourth-order valence-corrected chi connectivity index (χ4v) is 5.16. The van der Waals surface area contributed by atoms with Crippen molar-refractivity contribution in [3.8, 4) is 5.88 Å². The van der Waals surface area contributed by atoms with Gasteiger partial charge in [0.15, 0.2) is 6.23 Å². The first kappa shape index (κ1) is 21.6. The number of hydrogen-bond acceptors (Lipinski definition) is 6. The first-order chi connectivity index (χ1) is 15.5. The highest BCUT2D eigenvalue weighted by Crippen LogP contribution is 2.32. The highest BCUT2D eigenvalue weighted by Gasteiger charge is 2.42. The van der Waals surface area contributed by atoms with Crippen molar-refractivity contribution in [1.29, 1.82) is 0 Å². The first-order valence-corrected chi connectivity index (χ1v) is 12.1. The van der Waals surface area contributed by atoms with E-state index in [1.165, 1.54) is 4.90 Å². The highest BCUT2D eigenvalue weighted by molar-refractivity contribution is 14.1. The van der Waals surface area contributed by atoms with Gasteiger partial charge < -0.3 is 9.47 Å². The molecule has 32 heavy (non-hydrogen) atoms. The second-order valence-corrected chi connectivity index (χ2v) is 9.47. The van der Waals surface area contributed by atoms with Gasteiger partial charge in [0.2, 0.25) is 11.8 Å². The molecule has 5 rings (SSSR count). The van der Waals surface area contributed by atoms with Crippen LogP contribution in [0, 0.1) is 9.62 Å². The largest absolute Gasteiger partial charge is 0.475 e. The fourth-order valence-electron chi connectivity index (χ4n) is 4.50. The van der Waals surface area contributed by atoms with Gasteiger partial charge in [-0.25, -0.2) is 9.67 Å². The molecule has 2 fully saturated rings. The Balaban J connectivity index is 1.24. The molecule has 0 bridgehead atoms. The quantitative estimate of drug-likeness (QED) is 0.404. The lowest BCUT2D eigenvalue weighted by Gasteiger charge is -2.23. The third-order valence-electron chi connectivity index (χ3n) is 6.25. The van der Waals surface area contributed by atoms with Crippen molar-refractivity contribution in [3.63, 3.8) is 0 Å². The van der Waals surface area contributed by atoms with E-state index in [1.54, 1.807) is 12.3 Å². The smallest absolute Gasteiger partial charge is 0.257 e. The summed E-state index contributed by atoms with van der Waals surface area (Å²) in [5.41, 5.74) is 1.53. The van der Waals surface area contributed by atoms with E-state index in [0.717, 1.165) is 40.5 Å². The number of aromatic nitrogens is 3. The number of amides is 2. The summed E-state index contributed by atoms with van der Waals surface area (Å²) in [4.78, 5) is 31.0. The predicted molar refractivity (Wildman–Crippen MR) is 126 cm³/mol. The summed E-state index contributed by atoms with van der Waals surface area (Å²) in [6, 6.07) is 1.90. The number of fused-ring (bicyclic) bond motifs is 2. The number of carbonyl (C=O) groups excluding carboxylic acids is 2. The van der Waals surface area contributed by atoms with Crippen LogP contribution in [-0.4, -0.2) is 50.7 Å². The average Bonchev–Trinajstić information content (AvgIpc) is 3.27. The van der Waals surface area contributed by atoms with Gasteiger partial charge in [-0.1, -0.05) is 18.2 Å². The summed E-state index contributed by atoms with van der Waals surface area (Å²) >= 11 is 2.23. The van der Waals surface area contributed by atoms with E-state index >= 15 is 0 Å². The Labute approximate surface area is 199 Å². The average molecular weight is 548 g/mol. The summed E-state index contributed by atoms with van der Waals surface area (Å²) < 4.78 is 14.7. The van der Waals surface area contributed by atoms with Crippen LogP contribution in [0.1, 0.15) is 45.3 Å². The zero-order chi connectivity index (χ0) is 22.2. The van der Waals surface area contributed by atoms with Gasteiger partial charge in [0.25, 0.3) is 5.91 Å². The number of halogens is 1. The number of likely N-dealkylation sites (tertiary alicyclic amines) is 1. The lowest BCUT2D eigenvalue weighted by atomic mass is 9.94. The molecular formula is C23H25IN4O4. The number of nitrogens with zero attached hydrogens (tertiary/aromatic N) is 4. The van der Waals surface area contributed by atoms with E-state index in [2.05, 4.69) is 32.7 Å². The standard InChI is InChI=1S/C23H25IN4O4/c1-14(9-10-27-22(29)15-6-2-3-7-16(15)23(27)30)32-19-12-17-18(13-25-19)28(26-21(17)24)20-8-4-5-11-31-20/h2-3,6,12-14,16,20H,4-5,7-11H2,1H3. The molecule has 4 heterocycles. The van der Waals surface area contributed by atoms with Gasteiger partial charge in [0.1, 0.15) is 3.70 Å². The molecule has 1 aliphatic carbocycles. The molecule has 2 aromatic rings. The van der Waals surface area contributed by atoms with Gasteiger partial charge in [-0.15, -0.1) is 0 Å². The van der Waals surface area contributed by atoms with Crippen molar-refractivity contribution in [3.05, 3.63) is 39.8 Å². The Morgan fingerprint density at radius 3 is 3.00 bits per heavy atom. The molecule has 2 aromatic heterocycles. The predicted octanol–water partition coefficient (Wildman–Crippen LogP) is 3.76. The lowest BCUT2D eigenvalue weighted by molar-refractivity contribution is -0.139. The van der Waals surface area contributed by atoms with Crippen molar-refractivity contribution < 1.29 is 19.1 Å². The molecule has 9 heteroatoms. The van der Waals surface area contributed by atoms with Crippen molar-refractivity contribution in [1.82, 2.24) is 19.7 Å². The molecule has 168 valence electrons. The molecule has 0 radical (unpaired) electrons. The number of rotatable bonds is 6. The van der Waals surface area contributed by atoms with Crippen molar-refractivity contribution in [2.45, 2.75) is 51.4 Å². The molecular weight excluding hydrogens is 523 g/mol. The SMILES string of the molecule is CC(CCN1C(=O)C2=CC=CCC2C1=O)Oc1cc2c(I)nn(C3CCCCO3)c2cn1. The number of pyridine rings is 1. The minimum absolute atomic E-state index is 0.0493. The lowest BCUT2D eigenvalue weighted by Crippen LogP contribution is -2.33. The molecule has 0 saturated carbocycles. The minimum atomic E-state index is -0.320. The Bertz CT molecular complexity index is 1120. The molecule has 3 aliphatic rings. The van der Waals surface area contributed by atoms with E-state index in [0.29, 0.717) is 30.8 Å². The molecule has 0 N–H and O–H groups in total. The van der Waals surface area contributed by atoms with Crippen LogP contribution >= 0.6 is 22.6 Å². The van der Waals surface area contributed by atoms with Crippen LogP contribution in [0.2, 0.25) is 0 Å². The maximum absolute atomic E-state index is 12.6. The minimum Gasteiger partial charge on any atom is -0.475 e. The second-order valence-electron chi connectivity index (χ2n) is 8.45. The van der Waals surface area contributed by atoms with Gasteiger partial charge in [-0.05, 0) is 55.2 Å². The van der Waals surface area contributed by atoms with Crippen LogP contribution in [-0.2, 0) is 14.3 Å². The van der Waals surface area contributed by atoms with Crippen LogP contribution in [0.3, 0.4) is 0 Å². The van der Waals surface area contributed by atoms with Crippen LogP contribution in [0.25, 0.3) is 10.9 Å². The molecule has 3 unspecified atom stereocenters.